The normalized spacial score (nSPS) is 14.2. The number of fused-ring (bicyclic) bond motifs is 18. The summed E-state index contributed by atoms with van der Waals surface area (Å²) >= 11 is 0. The van der Waals surface area contributed by atoms with Gasteiger partial charge in [0.15, 0.2) is 0 Å². The van der Waals surface area contributed by atoms with Crippen LogP contribution in [0.3, 0.4) is 0 Å². The Bertz CT molecular complexity index is 3980. The maximum absolute atomic E-state index is 9.87. The Kier molecular flexibility index (Phi) is 5.65. The van der Waals surface area contributed by atoms with Crippen LogP contribution in [0, 0.1) is 0 Å². The Labute approximate surface area is 351 Å². The number of para-hydroxylation sites is 2. The van der Waals surface area contributed by atoms with E-state index < -0.39 is 6.71 Å². The second kappa shape index (κ2) is 11.9. The van der Waals surface area contributed by atoms with Gasteiger partial charge in [-0.05, 0) is 101 Å². The van der Waals surface area contributed by atoms with Gasteiger partial charge in [0.05, 0.1) is 16.9 Å². The maximum Gasteiger partial charge on any atom is 0.257 e. The van der Waals surface area contributed by atoms with E-state index in [0.717, 1.165) is 87.5 Å². The molecule has 2 aliphatic heterocycles. The first-order chi connectivity index (χ1) is 31.5. The smallest absolute Gasteiger partial charge is 0.257 e. The van der Waals surface area contributed by atoms with Crippen molar-refractivity contribution in [3.05, 3.63) is 200 Å². The third-order valence-electron chi connectivity index (χ3n) is 13.1. The molecule has 60 heavy (non-hydrogen) atoms. The highest BCUT2D eigenvalue weighted by Gasteiger charge is 2.46. The fourth-order valence-corrected chi connectivity index (χ4v) is 10.8. The fourth-order valence-electron chi connectivity index (χ4n) is 10.8. The molecule has 0 atom stereocenters. The van der Waals surface area contributed by atoms with E-state index in [4.69, 9.17) is 4.42 Å². The highest BCUT2D eigenvalue weighted by Crippen LogP contribution is 2.51. The van der Waals surface area contributed by atoms with Crippen molar-refractivity contribution in [2.24, 2.45) is 0 Å². The molecular weight excluding hydrogens is 727 g/mol. The molecule has 0 aliphatic carbocycles. The summed E-state index contributed by atoms with van der Waals surface area (Å²) in [5, 5.41) is 14.3. The predicted octanol–water partition coefficient (Wildman–Crippen LogP) is 13.4. The summed E-state index contributed by atoms with van der Waals surface area (Å²) in [6.07, 6.45) is 0. The van der Waals surface area contributed by atoms with E-state index in [9.17, 15) is 5.48 Å². The summed E-state index contributed by atoms with van der Waals surface area (Å²) in [6, 6.07) is 60.8. The molecule has 276 valence electrons. The maximum atomic E-state index is 9.87. The Morgan fingerprint density at radius 3 is 1.32 bits per heavy atom. The minimum atomic E-state index is -0.589. The predicted molar refractivity (Wildman–Crippen MR) is 255 cm³/mol. The van der Waals surface area contributed by atoms with Crippen LogP contribution >= 0.6 is 0 Å². The molecule has 12 aromatic rings. The minimum Gasteiger partial charge on any atom is -0.440 e. The number of hydrogen-bond donors (Lipinski definition) is 0. The summed E-state index contributed by atoms with van der Waals surface area (Å²) in [7, 11) is 0. The molecule has 3 heterocycles. The van der Waals surface area contributed by atoms with Gasteiger partial charge in [0.25, 0.3) is 6.71 Å². The van der Waals surface area contributed by atoms with Gasteiger partial charge in [0.2, 0.25) is 5.88 Å². The van der Waals surface area contributed by atoms with Crippen LogP contribution in [0.4, 0.5) is 34.3 Å². The van der Waals surface area contributed by atoms with Crippen LogP contribution in [0.5, 0.6) is 0 Å². The Morgan fingerprint density at radius 1 is 0.350 bits per heavy atom. The molecule has 2 aliphatic rings. The quantitative estimate of drug-likeness (QED) is 0.129. The average Bonchev–Trinajstić information content (AvgIpc) is 3.74. The lowest BCUT2D eigenvalue weighted by molar-refractivity contribution is 0.623. The lowest BCUT2D eigenvalue weighted by Crippen LogP contribution is -2.61. The Hall–Kier alpha value is -7.82. The van der Waals surface area contributed by atoms with Crippen molar-refractivity contribution in [2.75, 3.05) is 9.80 Å². The molecule has 0 amide bonds. The van der Waals surface area contributed by atoms with Gasteiger partial charge < -0.3 is 9.32 Å². The third-order valence-corrected chi connectivity index (χ3v) is 13.1. The highest BCUT2D eigenvalue weighted by molar-refractivity contribution is 7.01. The van der Waals surface area contributed by atoms with Gasteiger partial charge in [-0.15, -0.1) is 0 Å². The molecule has 0 unspecified atom stereocenters. The van der Waals surface area contributed by atoms with Crippen LogP contribution in [-0.2, 0) is 0 Å². The largest absolute Gasteiger partial charge is 0.440 e. The van der Waals surface area contributed by atoms with Crippen LogP contribution in [0.2, 0.25) is 0 Å². The van der Waals surface area contributed by atoms with Crippen LogP contribution in [-0.4, -0.2) is 6.71 Å². The third kappa shape index (κ3) is 4.09. The summed E-state index contributed by atoms with van der Waals surface area (Å²) in [5.41, 5.74) is 7.03. The summed E-state index contributed by atoms with van der Waals surface area (Å²) in [6.45, 7) is -0.589. The number of hydrogen-bond acceptors (Lipinski definition) is 3. The summed E-state index contributed by atoms with van der Waals surface area (Å²) in [5.74, 6) is 0.634. The molecule has 0 saturated heterocycles. The number of benzene rings is 11. The van der Waals surface area contributed by atoms with Gasteiger partial charge in [-0.2, -0.15) is 0 Å². The van der Waals surface area contributed by atoms with Crippen LogP contribution in [0.1, 0.15) is 5.48 Å². The SMILES string of the molecule is [2H]c1c([2H])c([2H])c2c(c1[2H])B1c3c(cccc3N2c2cccc3c4ccccc4c4ccccc4c23)N(c2cccc3c4ccccc4c4ccccc4c23)c2oc3ccccc3c21. The van der Waals surface area contributed by atoms with Gasteiger partial charge in [0, 0.05) is 38.7 Å². The lowest BCUT2D eigenvalue weighted by atomic mass is 9.33. The first-order valence-corrected chi connectivity index (χ1v) is 20.5. The number of furan rings is 1. The Balaban J connectivity index is 1.16. The molecule has 0 saturated carbocycles. The molecule has 0 bridgehead atoms. The van der Waals surface area contributed by atoms with Crippen LogP contribution in [0.25, 0.3) is 75.6 Å². The standard InChI is InChI=1S/C56H33BN2O/c1-3-18-38-34(16-1)36-20-5-7-22-40(36)52-42(38)25-13-29-47(52)58-46-28-11-10-27-45(46)57-54-44-24-9-12-33-51(44)60-56(54)59(50-32-15-31-49(58)55(50)57)48-30-14-26-43-39-19-4-2-17-35(39)37-21-6-8-23-41(37)53(43)48/h1-33H/i10D,11D,27D,28D. The zero-order valence-electron chi connectivity index (χ0n) is 36.1. The molecule has 4 heteroatoms. The molecule has 0 N–H and O–H groups in total. The number of anilines is 6. The van der Waals surface area contributed by atoms with Crippen molar-refractivity contribution in [3.8, 4) is 0 Å². The first-order valence-electron chi connectivity index (χ1n) is 22.5. The Morgan fingerprint density at radius 2 is 0.750 bits per heavy atom. The average molecular weight is 765 g/mol. The molecule has 3 nitrogen and oxygen atoms in total. The number of rotatable bonds is 2. The van der Waals surface area contributed by atoms with Gasteiger partial charge >= 0.3 is 0 Å². The van der Waals surface area contributed by atoms with Gasteiger partial charge in [-0.25, -0.2) is 0 Å². The van der Waals surface area contributed by atoms with E-state index in [1.54, 1.807) is 0 Å². The van der Waals surface area contributed by atoms with E-state index >= 15 is 0 Å². The monoisotopic (exact) mass is 764 g/mol. The van der Waals surface area contributed by atoms with Gasteiger partial charge in [-0.1, -0.05) is 164 Å². The van der Waals surface area contributed by atoms with Crippen molar-refractivity contribution in [2.45, 2.75) is 0 Å². The molecule has 0 radical (unpaired) electrons. The van der Waals surface area contributed by atoms with Crippen LogP contribution < -0.4 is 26.2 Å². The minimum absolute atomic E-state index is 0.0608. The van der Waals surface area contributed by atoms with Crippen LogP contribution in [0.15, 0.2) is 205 Å². The van der Waals surface area contributed by atoms with E-state index in [-0.39, 0.29) is 24.2 Å². The molecule has 0 spiro atoms. The molecule has 14 rings (SSSR count). The topological polar surface area (TPSA) is 19.6 Å². The zero-order valence-corrected chi connectivity index (χ0v) is 32.1. The molecule has 11 aromatic carbocycles. The lowest BCUT2D eigenvalue weighted by Gasteiger charge is -2.42. The molecule has 0 fully saturated rings. The molecule has 1 aromatic heterocycles. The second-order valence-corrected chi connectivity index (χ2v) is 16.0. The van der Waals surface area contributed by atoms with Gasteiger partial charge in [-0.3, -0.25) is 4.90 Å². The zero-order chi connectivity index (χ0) is 42.5. The summed E-state index contributed by atoms with van der Waals surface area (Å²) < 4.78 is 45.2. The van der Waals surface area contributed by atoms with E-state index in [2.05, 4.69) is 168 Å². The van der Waals surface area contributed by atoms with Crippen molar-refractivity contribution >= 4 is 133 Å². The summed E-state index contributed by atoms with van der Waals surface area (Å²) in [4.78, 5) is 4.40. The molecular formula is C56H33BN2O. The van der Waals surface area contributed by atoms with Crippen molar-refractivity contribution in [3.63, 3.8) is 0 Å². The highest BCUT2D eigenvalue weighted by atomic mass is 16.4. The number of nitrogens with zero attached hydrogens (tertiary/aromatic N) is 2. The van der Waals surface area contributed by atoms with E-state index in [1.807, 2.05) is 18.2 Å². The first kappa shape index (κ1) is 28.6. The van der Waals surface area contributed by atoms with Crippen molar-refractivity contribution in [1.82, 2.24) is 0 Å². The second-order valence-electron chi connectivity index (χ2n) is 16.0. The van der Waals surface area contributed by atoms with Crippen molar-refractivity contribution in [1.29, 1.82) is 0 Å². The van der Waals surface area contributed by atoms with E-state index in [1.165, 1.54) is 16.2 Å². The fraction of sp³-hybridized carbons (Fsp3) is 0. The van der Waals surface area contributed by atoms with Gasteiger partial charge in [0.1, 0.15) is 5.58 Å². The van der Waals surface area contributed by atoms with E-state index in [0.29, 0.717) is 22.6 Å². The van der Waals surface area contributed by atoms with Crippen molar-refractivity contribution < 1.29 is 9.90 Å².